The third kappa shape index (κ3) is 5.34. The molecule has 1 aromatic carbocycles. The number of rotatable bonds is 6. The molecule has 0 aliphatic heterocycles. The van der Waals surface area contributed by atoms with Crippen molar-refractivity contribution in [2.45, 2.75) is 18.7 Å². The van der Waals surface area contributed by atoms with Crippen molar-refractivity contribution in [2.75, 3.05) is 5.75 Å². The Bertz CT molecular complexity index is 600. The van der Waals surface area contributed by atoms with E-state index in [0.29, 0.717) is 5.75 Å². The molecule has 1 atom stereocenters. The molecule has 112 valence electrons. The van der Waals surface area contributed by atoms with Gasteiger partial charge in [-0.3, -0.25) is 4.79 Å². The van der Waals surface area contributed by atoms with Crippen LogP contribution >= 0.6 is 34.7 Å². The van der Waals surface area contributed by atoms with Crippen LogP contribution in [-0.2, 0) is 10.5 Å². The first-order valence-corrected chi connectivity index (χ1v) is 8.76. The summed E-state index contributed by atoms with van der Waals surface area (Å²) in [6.45, 7) is 1.88. The fourth-order valence-corrected chi connectivity index (χ4v) is 3.83. The van der Waals surface area contributed by atoms with Crippen LogP contribution < -0.4 is 5.32 Å². The molecule has 0 radical (unpaired) electrons. The Labute approximate surface area is 136 Å². The summed E-state index contributed by atoms with van der Waals surface area (Å²) in [6, 6.07) is 9.86. The molecule has 1 N–H and O–H groups in total. The fourth-order valence-electron chi connectivity index (χ4n) is 1.79. The Balaban J connectivity index is 1.75. The number of thioether (sulfide) groups is 1. The van der Waals surface area contributed by atoms with Crippen molar-refractivity contribution >= 4 is 40.6 Å². The second-order valence-electron chi connectivity index (χ2n) is 4.54. The average molecular weight is 344 g/mol. The zero-order valence-corrected chi connectivity index (χ0v) is 13.8. The number of hydrogen-bond acceptors (Lipinski definition) is 3. The van der Waals surface area contributed by atoms with Crippen LogP contribution in [0.2, 0.25) is 4.34 Å². The Morgan fingerprint density at radius 3 is 2.67 bits per heavy atom. The van der Waals surface area contributed by atoms with Gasteiger partial charge in [0.2, 0.25) is 5.91 Å². The smallest absolute Gasteiger partial charge is 0.230 e. The number of benzene rings is 1. The lowest BCUT2D eigenvalue weighted by molar-refractivity contribution is -0.119. The van der Waals surface area contributed by atoms with Gasteiger partial charge in [0.05, 0.1) is 16.1 Å². The normalized spacial score (nSPS) is 12.1. The lowest BCUT2D eigenvalue weighted by Gasteiger charge is -2.14. The zero-order chi connectivity index (χ0) is 15.2. The second-order valence-corrected chi connectivity index (χ2v) is 7.32. The van der Waals surface area contributed by atoms with Crippen LogP contribution in [0, 0.1) is 5.82 Å². The van der Waals surface area contributed by atoms with Crippen molar-refractivity contribution in [1.29, 1.82) is 0 Å². The van der Waals surface area contributed by atoms with E-state index >= 15 is 0 Å². The third-order valence-corrected chi connectivity index (χ3v) is 5.25. The van der Waals surface area contributed by atoms with E-state index in [4.69, 9.17) is 11.6 Å². The molecule has 0 spiro atoms. The van der Waals surface area contributed by atoms with Crippen molar-refractivity contribution in [3.63, 3.8) is 0 Å². The summed E-state index contributed by atoms with van der Waals surface area (Å²) in [5.74, 6) is 0.860. The summed E-state index contributed by atoms with van der Waals surface area (Å²) < 4.78 is 13.6. The molecule has 0 aliphatic rings. The van der Waals surface area contributed by atoms with E-state index in [9.17, 15) is 9.18 Å². The summed E-state index contributed by atoms with van der Waals surface area (Å²) in [4.78, 5) is 13.0. The second kappa shape index (κ2) is 7.82. The van der Waals surface area contributed by atoms with E-state index in [-0.39, 0.29) is 17.8 Å². The summed E-state index contributed by atoms with van der Waals surface area (Å²) in [5, 5.41) is 2.90. The third-order valence-electron chi connectivity index (χ3n) is 2.85. The van der Waals surface area contributed by atoms with Crippen LogP contribution in [0.1, 0.15) is 23.4 Å². The predicted molar refractivity (Wildman–Crippen MR) is 88.4 cm³/mol. The van der Waals surface area contributed by atoms with Gasteiger partial charge < -0.3 is 5.32 Å². The molecular formula is C15H15ClFNOS2. The van der Waals surface area contributed by atoms with Gasteiger partial charge in [-0.15, -0.1) is 23.1 Å². The zero-order valence-electron chi connectivity index (χ0n) is 11.4. The maximum atomic E-state index is 12.8. The summed E-state index contributed by atoms with van der Waals surface area (Å²) in [6.07, 6.45) is 0. The van der Waals surface area contributed by atoms with Crippen molar-refractivity contribution in [1.82, 2.24) is 5.32 Å². The van der Waals surface area contributed by atoms with Crippen LogP contribution in [0.15, 0.2) is 36.4 Å². The average Bonchev–Trinajstić information content (AvgIpc) is 2.85. The number of carbonyl (C=O) groups is 1. The van der Waals surface area contributed by atoms with Crippen molar-refractivity contribution < 1.29 is 9.18 Å². The first kappa shape index (κ1) is 16.3. The van der Waals surface area contributed by atoms with Gasteiger partial charge in [0.15, 0.2) is 0 Å². The lowest BCUT2D eigenvalue weighted by Crippen LogP contribution is -2.28. The van der Waals surface area contributed by atoms with E-state index < -0.39 is 0 Å². The first-order valence-electron chi connectivity index (χ1n) is 6.41. The number of carbonyl (C=O) groups excluding carboxylic acids is 1. The van der Waals surface area contributed by atoms with Gasteiger partial charge in [-0.25, -0.2) is 4.39 Å². The lowest BCUT2D eigenvalue weighted by atomic mass is 10.1. The highest BCUT2D eigenvalue weighted by Gasteiger charge is 2.10. The number of halogens is 2. The van der Waals surface area contributed by atoms with Gasteiger partial charge in [-0.05, 0) is 36.8 Å². The summed E-state index contributed by atoms with van der Waals surface area (Å²) >= 11 is 8.93. The molecule has 1 amide bonds. The minimum absolute atomic E-state index is 0.0283. The Kier molecular flexibility index (Phi) is 6.08. The van der Waals surface area contributed by atoms with Gasteiger partial charge in [-0.1, -0.05) is 23.7 Å². The molecule has 1 aromatic heterocycles. The van der Waals surface area contributed by atoms with Crippen LogP contribution in [0.4, 0.5) is 4.39 Å². The standard InChI is InChI=1S/C15H15ClFNOS2/c1-10(11-2-4-12(17)5-3-11)18-15(19)9-20-8-13-6-7-14(16)21-13/h2-7,10H,8-9H2,1H3,(H,18,19). The maximum Gasteiger partial charge on any atom is 0.230 e. The maximum absolute atomic E-state index is 12.8. The fraction of sp³-hybridized carbons (Fsp3) is 0.267. The molecule has 1 heterocycles. The van der Waals surface area contributed by atoms with E-state index in [1.54, 1.807) is 23.9 Å². The van der Waals surface area contributed by atoms with Gasteiger partial charge in [-0.2, -0.15) is 0 Å². The summed E-state index contributed by atoms with van der Waals surface area (Å²) in [7, 11) is 0. The molecule has 0 saturated heterocycles. The molecule has 2 aromatic rings. The number of amides is 1. The summed E-state index contributed by atoms with van der Waals surface area (Å²) in [5.41, 5.74) is 0.889. The predicted octanol–water partition coefficient (Wildman–Crippen LogP) is 4.65. The molecule has 0 saturated carbocycles. The molecule has 2 rings (SSSR count). The molecule has 1 unspecified atom stereocenters. The van der Waals surface area contributed by atoms with Crippen LogP contribution in [0.5, 0.6) is 0 Å². The van der Waals surface area contributed by atoms with Gasteiger partial charge >= 0.3 is 0 Å². The molecular weight excluding hydrogens is 329 g/mol. The molecule has 0 fully saturated rings. The minimum atomic E-state index is -0.276. The molecule has 2 nitrogen and oxygen atoms in total. The van der Waals surface area contributed by atoms with E-state index in [0.717, 1.165) is 20.5 Å². The van der Waals surface area contributed by atoms with Crippen molar-refractivity contribution in [3.05, 3.63) is 57.0 Å². The Morgan fingerprint density at radius 2 is 2.05 bits per heavy atom. The quantitative estimate of drug-likeness (QED) is 0.827. The van der Waals surface area contributed by atoms with E-state index in [1.165, 1.54) is 23.5 Å². The highest BCUT2D eigenvalue weighted by molar-refractivity contribution is 7.99. The Morgan fingerprint density at radius 1 is 1.33 bits per heavy atom. The van der Waals surface area contributed by atoms with Crippen LogP contribution in [0.3, 0.4) is 0 Å². The largest absolute Gasteiger partial charge is 0.349 e. The molecule has 0 aliphatic carbocycles. The first-order chi connectivity index (χ1) is 10.0. The monoisotopic (exact) mass is 343 g/mol. The van der Waals surface area contributed by atoms with E-state index in [2.05, 4.69) is 5.32 Å². The van der Waals surface area contributed by atoms with Gasteiger partial charge in [0.25, 0.3) is 0 Å². The van der Waals surface area contributed by atoms with E-state index in [1.807, 2.05) is 19.1 Å². The van der Waals surface area contributed by atoms with Crippen LogP contribution in [-0.4, -0.2) is 11.7 Å². The SMILES string of the molecule is CC(NC(=O)CSCc1ccc(Cl)s1)c1ccc(F)cc1. The highest BCUT2D eigenvalue weighted by atomic mass is 35.5. The molecule has 0 bridgehead atoms. The number of hydrogen-bond donors (Lipinski definition) is 1. The highest BCUT2D eigenvalue weighted by Crippen LogP contribution is 2.25. The van der Waals surface area contributed by atoms with Crippen molar-refractivity contribution in [3.8, 4) is 0 Å². The minimum Gasteiger partial charge on any atom is -0.349 e. The van der Waals surface area contributed by atoms with Crippen molar-refractivity contribution in [2.24, 2.45) is 0 Å². The van der Waals surface area contributed by atoms with Gasteiger partial charge in [0.1, 0.15) is 5.82 Å². The van der Waals surface area contributed by atoms with Crippen LogP contribution in [0.25, 0.3) is 0 Å². The molecule has 6 heteroatoms. The number of thiophene rings is 1. The van der Waals surface area contributed by atoms with Gasteiger partial charge in [0, 0.05) is 10.6 Å². The topological polar surface area (TPSA) is 29.1 Å². The Hall–Kier alpha value is -1.04. The number of nitrogens with one attached hydrogen (secondary N) is 1. The molecule has 21 heavy (non-hydrogen) atoms.